The van der Waals surface area contributed by atoms with E-state index in [9.17, 15) is 4.79 Å². The molecule has 3 rings (SSSR count). The van der Waals surface area contributed by atoms with E-state index in [0.29, 0.717) is 0 Å². The van der Waals surface area contributed by atoms with E-state index in [4.69, 9.17) is 0 Å². The summed E-state index contributed by atoms with van der Waals surface area (Å²) in [5.41, 5.74) is 1.96. The molecule has 1 aliphatic carbocycles. The van der Waals surface area contributed by atoms with Gasteiger partial charge in [0, 0.05) is 12.1 Å². The average molecular weight is 280 g/mol. The van der Waals surface area contributed by atoms with Gasteiger partial charge in [-0.15, -0.1) is 0 Å². The maximum atomic E-state index is 12.5. The number of benzene rings is 1. The fraction of sp³-hybridized carbons (Fsp3) is 0.333. The molecule has 3 heteroatoms. The van der Waals surface area contributed by atoms with E-state index in [1.807, 2.05) is 48.5 Å². The highest BCUT2D eigenvalue weighted by atomic mass is 16.1. The largest absolute Gasteiger partial charge is 0.343 e. The fourth-order valence-electron chi connectivity index (χ4n) is 2.97. The molecule has 1 saturated carbocycles. The lowest BCUT2D eigenvalue weighted by Crippen LogP contribution is -2.34. The summed E-state index contributed by atoms with van der Waals surface area (Å²) in [4.78, 5) is 16.9. The molecule has 2 aromatic rings. The third kappa shape index (κ3) is 3.30. The Bertz CT molecular complexity index is 537. The van der Waals surface area contributed by atoms with E-state index in [1.165, 1.54) is 0 Å². The smallest absolute Gasteiger partial charge is 0.223 e. The molecular formula is C18H20N2O. The molecule has 21 heavy (non-hydrogen) atoms. The fourth-order valence-corrected chi connectivity index (χ4v) is 2.97. The third-order valence-corrected chi connectivity index (χ3v) is 4.13. The summed E-state index contributed by atoms with van der Waals surface area (Å²) in [5, 5.41) is 3.19. The van der Waals surface area contributed by atoms with Gasteiger partial charge >= 0.3 is 0 Å². The Morgan fingerprint density at radius 3 is 2.43 bits per heavy atom. The number of aromatic nitrogens is 1. The standard InChI is InChI=1S/C18H20N2O/c21-18(15-10-4-5-11-15)20-17(14-8-2-1-3-9-14)16-12-6-7-13-19-16/h1-3,6-9,12-13,15,17H,4-5,10-11H2,(H,20,21)/t17-/m1/s1. The molecular weight excluding hydrogens is 260 g/mol. The van der Waals surface area contributed by atoms with Crippen LogP contribution in [0.25, 0.3) is 0 Å². The van der Waals surface area contributed by atoms with Crippen molar-refractivity contribution in [3.05, 3.63) is 66.0 Å². The SMILES string of the molecule is O=C(N[C@H](c1ccccc1)c1ccccn1)C1CCCC1. The second-order valence-electron chi connectivity index (χ2n) is 5.59. The Hall–Kier alpha value is -2.16. The summed E-state index contributed by atoms with van der Waals surface area (Å²) in [5.74, 6) is 0.326. The highest BCUT2D eigenvalue weighted by molar-refractivity contribution is 5.79. The molecule has 1 aromatic carbocycles. The summed E-state index contributed by atoms with van der Waals surface area (Å²) < 4.78 is 0. The van der Waals surface area contributed by atoms with Gasteiger partial charge in [-0.1, -0.05) is 49.2 Å². The van der Waals surface area contributed by atoms with Crippen molar-refractivity contribution in [1.29, 1.82) is 0 Å². The Labute approximate surface area is 125 Å². The number of nitrogens with one attached hydrogen (secondary N) is 1. The van der Waals surface area contributed by atoms with Crippen LogP contribution in [0.2, 0.25) is 0 Å². The zero-order chi connectivity index (χ0) is 14.5. The zero-order valence-corrected chi connectivity index (χ0v) is 12.0. The van der Waals surface area contributed by atoms with Crippen LogP contribution in [0.1, 0.15) is 43.0 Å². The van der Waals surface area contributed by atoms with Crippen LogP contribution in [0.3, 0.4) is 0 Å². The van der Waals surface area contributed by atoms with Crippen molar-refractivity contribution in [2.45, 2.75) is 31.7 Å². The Morgan fingerprint density at radius 2 is 1.76 bits per heavy atom. The van der Waals surface area contributed by atoms with E-state index in [2.05, 4.69) is 10.3 Å². The molecule has 0 spiro atoms. The van der Waals surface area contributed by atoms with Gasteiger partial charge in [0.25, 0.3) is 0 Å². The van der Waals surface area contributed by atoms with Gasteiger partial charge in [-0.3, -0.25) is 9.78 Å². The number of carbonyl (C=O) groups is 1. The van der Waals surface area contributed by atoms with E-state index in [1.54, 1.807) is 6.20 Å². The number of rotatable bonds is 4. The zero-order valence-electron chi connectivity index (χ0n) is 12.0. The minimum atomic E-state index is -0.166. The Balaban J connectivity index is 1.84. The van der Waals surface area contributed by atoms with Gasteiger partial charge in [0.2, 0.25) is 5.91 Å². The summed E-state index contributed by atoms with van der Waals surface area (Å²) in [6.07, 6.45) is 6.12. The minimum absolute atomic E-state index is 0.159. The quantitative estimate of drug-likeness (QED) is 0.931. The number of carbonyl (C=O) groups excluding carboxylic acids is 1. The summed E-state index contributed by atoms with van der Waals surface area (Å²) >= 11 is 0. The predicted octanol–water partition coefficient (Wildman–Crippen LogP) is 3.48. The van der Waals surface area contributed by atoms with Crippen LogP contribution in [0.5, 0.6) is 0 Å². The summed E-state index contributed by atoms with van der Waals surface area (Å²) in [6, 6.07) is 15.7. The van der Waals surface area contributed by atoms with Gasteiger partial charge in [0.15, 0.2) is 0 Å². The second kappa shape index (κ2) is 6.53. The van der Waals surface area contributed by atoms with Crippen molar-refractivity contribution in [2.24, 2.45) is 5.92 Å². The highest BCUT2D eigenvalue weighted by Crippen LogP contribution is 2.27. The molecule has 3 nitrogen and oxygen atoms in total. The first-order valence-corrected chi connectivity index (χ1v) is 7.61. The van der Waals surface area contributed by atoms with Gasteiger partial charge in [-0.25, -0.2) is 0 Å². The number of hydrogen-bond donors (Lipinski definition) is 1. The average Bonchev–Trinajstić information content (AvgIpc) is 3.09. The van der Waals surface area contributed by atoms with Gasteiger partial charge in [-0.2, -0.15) is 0 Å². The number of pyridine rings is 1. The van der Waals surface area contributed by atoms with Gasteiger partial charge < -0.3 is 5.32 Å². The molecule has 0 unspecified atom stereocenters. The van der Waals surface area contributed by atoms with Crippen molar-refractivity contribution in [3.63, 3.8) is 0 Å². The second-order valence-corrected chi connectivity index (χ2v) is 5.59. The molecule has 1 heterocycles. The molecule has 1 fully saturated rings. The first-order chi connectivity index (χ1) is 10.3. The van der Waals surface area contributed by atoms with Crippen molar-refractivity contribution >= 4 is 5.91 Å². The molecule has 108 valence electrons. The van der Waals surface area contributed by atoms with Crippen LogP contribution in [0.15, 0.2) is 54.7 Å². The molecule has 0 saturated heterocycles. The van der Waals surface area contributed by atoms with E-state index in [0.717, 1.165) is 36.9 Å². The lowest BCUT2D eigenvalue weighted by Gasteiger charge is -2.21. The monoisotopic (exact) mass is 280 g/mol. The number of nitrogens with zero attached hydrogens (tertiary/aromatic N) is 1. The van der Waals surface area contributed by atoms with Crippen LogP contribution >= 0.6 is 0 Å². The lowest BCUT2D eigenvalue weighted by molar-refractivity contribution is -0.125. The van der Waals surface area contributed by atoms with Crippen LogP contribution in [0, 0.1) is 5.92 Å². The Morgan fingerprint density at radius 1 is 1.05 bits per heavy atom. The van der Waals surface area contributed by atoms with Crippen molar-refractivity contribution < 1.29 is 4.79 Å². The van der Waals surface area contributed by atoms with Crippen molar-refractivity contribution in [1.82, 2.24) is 10.3 Å². The Kier molecular flexibility index (Phi) is 4.29. The van der Waals surface area contributed by atoms with Gasteiger partial charge in [0.05, 0.1) is 11.7 Å². The van der Waals surface area contributed by atoms with Crippen LogP contribution in [-0.2, 0) is 4.79 Å². The van der Waals surface area contributed by atoms with Gasteiger partial charge in [-0.05, 0) is 30.5 Å². The first-order valence-electron chi connectivity index (χ1n) is 7.61. The molecule has 0 aliphatic heterocycles. The topological polar surface area (TPSA) is 42.0 Å². The van der Waals surface area contributed by atoms with Crippen LogP contribution in [-0.4, -0.2) is 10.9 Å². The predicted molar refractivity (Wildman–Crippen MR) is 82.6 cm³/mol. The van der Waals surface area contributed by atoms with E-state index >= 15 is 0 Å². The lowest BCUT2D eigenvalue weighted by atomic mass is 10.0. The molecule has 0 radical (unpaired) electrons. The molecule has 1 aliphatic rings. The normalized spacial score (nSPS) is 16.6. The molecule has 0 bridgehead atoms. The van der Waals surface area contributed by atoms with E-state index in [-0.39, 0.29) is 17.9 Å². The van der Waals surface area contributed by atoms with Crippen LogP contribution < -0.4 is 5.32 Å². The molecule has 1 amide bonds. The minimum Gasteiger partial charge on any atom is -0.343 e. The third-order valence-electron chi connectivity index (χ3n) is 4.13. The molecule has 1 N–H and O–H groups in total. The van der Waals surface area contributed by atoms with Crippen LogP contribution in [0.4, 0.5) is 0 Å². The van der Waals surface area contributed by atoms with Crippen molar-refractivity contribution in [3.8, 4) is 0 Å². The van der Waals surface area contributed by atoms with E-state index < -0.39 is 0 Å². The highest BCUT2D eigenvalue weighted by Gasteiger charge is 2.26. The molecule has 1 aromatic heterocycles. The maximum absolute atomic E-state index is 12.5. The number of amides is 1. The summed E-state index contributed by atoms with van der Waals surface area (Å²) in [6.45, 7) is 0. The number of hydrogen-bond acceptors (Lipinski definition) is 2. The molecule has 1 atom stereocenters. The first kappa shape index (κ1) is 13.8. The maximum Gasteiger partial charge on any atom is 0.223 e. The van der Waals surface area contributed by atoms with Gasteiger partial charge in [0.1, 0.15) is 0 Å². The van der Waals surface area contributed by atoms with Crippen molar-refractivity contribution in [2.75, 3.05) is 0 Å². The summed E-state index contributed by atoms with van der Waals surface area (Å²) in [7, 11) is 0.